The summed E-state index contributed by atoms with van der Waals surface area (Å²) in [4.78, 5) is 0. The highest BCUT2D eigenvalue weighted by molar-refractivity contribution is 4.22. The lowest BCUT2D eigenvalue weighted by molar-refractivity contribution is 0.823. The molecule has 0 saturated carbocycles. The fraction of sp³-hybridized carbons (Fsp3) is 0. The minimum Gasteiger partial charge on any atom is -0.412 e. The smallest absolute Gasteiger partial charge is 0.106 e. The number of hydrogen-bond acceptors (Lipinski definition) is 2. The van der Waals surface area contributed by atoms with E-state index in [9.17, 15) is 0 Å². The van der Waals surface area contributed by atoms with Crippen molar-refractivity contribution in [3.05, 3.63) is 13.2 Å². The average Bonchev–Trinajstić information content (AvgIpc) is 1.00. The van der Waals surface area contributed by atoms with Crippen molar-refractivity contribution >= 4 is 0 Å². The van der Waals surface area contributed by atoms with E-state index in [0.717, 1.165) is 0 Å². The molecule has 0 heterocycles. The van der Waals surface area contributed by atoms with Crippen LogP contribution >= 0.6 is 0 Å². The summed E-state index contributed by atoms with van der Waals surface area (Å²) in [5.74, 6) is 0. The highest BCUT2D eigenvalue weighted by atomic mass is 16.0. The zero-order chi connectivity index (χ0) is 2.00. The van der Waals surface area contributed by atoms with Crippen LogP contribution in [-0.4, -0.2) is 21.9 Å². The van der Waals surface area contributed by atoms with Gasteiger partial charge in [0.2, 0.25) is 0 Å². The molecule has 60 valence electrons. The van der Waals surface area contributed by atoms with E-state index in [1.165, 1.54) is 0 Å². The summed E-state index contributed by atoms with van der Waals surface area (Å²) in [6.07, 6.45) is 0. The second kappa shape index (κ2) is 787. The van der Waals surface area contributed by atoms with Crippen molar-refractivity contribution in [3.8, 4) is 0 Å². The van der Waals surface area contributed by atoms with Crippen molar-refractivity contribution < 1.29 is 21.9 Å². The van der Waals surface area contributed by atoms with Gasteiger partial charge in [-0.25, -0.2) is 0 Å². The maximum absolute atomic E-state index is 3.00. The van der Waals surface area contributed by atoms with E-state index in [0.29, 0.717) is 0 Å². The maximum atomic E-state index is 3.00. The summed E-state index contributed by atoms with van der Waals surface area (Å²) in [6, 6.07) is 0. The van der Waals surface area contributed by atoms with Gasteiger partial charge in [0.15, 0.2) is 0 Å². The molecule has 0 aromatic heterocycles. The molecule has 0 saturated heterocycles. The van der Waals surface area contributed by atoms with Gasteiger partial charge < -0.3 is 34.2 Å². The molecule has 8 heavy (non-hydrogen) atoms. The molecule has 0 aromatic carbocycles. The normalized spacial score (nSPS) is 0.500. The monoisotopic (exact) mass is 134 g/mol. The Hall–Kier alpha value is -0.500. The van der Waals surface area contributed by atoms with Crippen LogP contribution in [0.5, 0.6) is 0 Å². The van der Waals surface area contributed by atoms with Crippen molar-refractivity contribution in [2.75, 3.05) is 0 Å². The van der Waals surface area contributed by atoms with E-state index < -0.39 is 0 Å². The molecule has 0 unspecified atom stereocenters. The van der Waals surface area contributed by atoms with Crippen molar-refractivity contribution in [1.29, 1.82) is 0 Å². The van der Waals surface area contributed by atoms with Crippen LogP contribution < -0.4 is 12.3 Å². The minimum absolute atomic E-state index is 0. The van der Waals surface area contributed by atoms with Gasteiger partial charge >= 0.3 is 0 Å². The number of hydrogen-bond donors (Lipinski definition) is 2. The Balaban J connectivity index is -0.000000000333. The lowest BCUT2D eigenvalue weighted by atomic mass is 11.3. The zero-order valence-electron chi connectivity index (χ0n) is 4.83. The van der Waals surface area contributed by atoms with Crippen molar-refractivity contribution in [2.24, 2.45) is 0 Å². The molecule has 0 atom stereocenters. The molecule has 0 bridgehead atoms. The summed E-state index contributed by atoms with van der Waals surface area (Å²) in [7, 11) is 0. The van der Waals surface area contributed by atoms with Crippen molar-refractivity contribution in [3.63, 3.8) is 0 Å². The average molecular weight is 134 g/mol. The van der Waals surface area contributed by atoms with Crippen LogP contribution in [0.4, 0.5) is 0 Å². The van der Waals surface area contributed by atoms with Crippen molar-refractivity contribution in [1.82, 2.24) is 12.3 Å². The van der Waals surface area contributed by atoms with E-state index in [1.54, 1.807) is 0 Å². The van der Waals surface area contributed by atoms with Gasteiger partial charge in [-0.2, -0.15) is 0 Å². The molecule has 0 fully saturated rings. The van der Waals surface area contributed by atoms with E-state index in [1.807, 2.05) is 0 Å². The molecular formula is C2H18N2O4. The van der Waals surface area contributed by atoms with Crippen LogP contribution in [0.2, 0.25) is 0 Å². The summed E-state index contributed by atoms with van der Waals surface area (Å²) in [5.41, 5.74) is 0. The van der Waals surface area contributed by atoms with E-state index >= 15 is 0 Å². The molecule has 0 aliphatic carbocycles. The predicted molar refractivity (Wildman–Crippen MR) is 35.8 cm³/mol. The molecule has 14 N–H and O–H groups in total. The molecule has 0 aromatic rings. The first-order chi connectivity index (χ1) is 1.00. The molecule has 0 radical (unpaired) electrons. The Morgan fingerprint density at radius 3 is 0.500 bits per heavy atom. The highest BCUT2D eigenvalue weighted by Gasteiger charge is 0.601. The van der Waals surface area contributed by atoms with Crippen LogP contribution in [-0.2, 0) is 0 Å². The molecule has 0 rings (SSSR count). The summed E-state index contributed by atoms with van der Waals surface area (Å²) in [5, 5.41) is 0. The van der Waals surface area contributed by atoms with Gasteiger partial charge in [0, 0.05) is 0 Å². The molecule has 0 amide bonds. The van der Waals surface area contributed by atoms with Gasteiger partial charge in [-0.15, -0.1) is 13.2 Å². The molecule has 6 heteroatoms. The largest absolute Gasteiger partial charge is 0.412 e. The van der Waals surface area contributed by atoms with Gasteiger partial charge in [-0.05, 0) is 0 Å². The second-order valence-corrected chi connectivity index (χ2v) is 0. The molecule has 0 aliphatic rings. The Bertz CT molecular complexity index is 12.0. The Morgan fingerprint density at radius 2 is 0.500 bits per heavy atom. The fourth-order valence-corrected chi connectivity index (χ4v) is 0. The quantitative estimate of drug-likeness (QED) is 0.355. The third-order valence-corrected chi connectivity index (χ3v) is 0. The Kier molecular flexibility index (Phi) is 125000. The molecule has 0 aliphatic heterocycles. The molecule has 6 nitrogen and oxygen atoms in total. The first-order valence-corrected chi connectivity index (χ1v) is 0.500. The second-order valence-electron chi connectivity index (χ2n) is 0. The van der Waals surface area contributed by atoms with Gasteiger partial charge in [0.05, 0.1) is 0 Å². The van der Waals surface area contributed by atoms with Gasteiger partial charge in [-0.1, -0.05) is 0 Å². The zero-order valence-corrected chi connectivity index (χ0v) is 4.83. The Morgan fingerprint density at radius 1 is 0.500 bits per heavy atom. The first kappa shape index (κ1) is 1270. The third kappa shape index (κ3) is 446. The number of rotatable bonds is 0. The summed E-state index contributed by atoms with van der Waals surface area (Å²) >= 11 is 0. The van der Waals surface area contributed by atoms with Gasteiger partial charge in [0.25, 0.3) is 0 Å². The van der Waals surface area contributed by atoms with Crippen LogP contribution in [0.25, 0.3) is 0 Å². The van der Waals surface area contributed by atoms with Gasteiger partial charge in [-0.3, -0.25) is 0 Å². The van der Waals surface area contributed by atoms with Crippen LogP contribution in [0.1, 0.15) is 0 Å². The molecule has 0 spiro atoms. The topological polar surface area (TPSA) is 196 Å². The van der Waals surface area contributed by atoms with Crippen LogP contribution in [0.3, 0.4) is 0 Å². The third-order valence-electron chi connectivity index (χ3n) is 0. The molecular weight excluding hydrogens is 116 g/mol. The lowest BCUT2D eigenvalue weighted by Gasteiger charge is -0.813. The lowest BCUT2D eigenvalue weighted by Crippen LogP contribution is -0.552. The van der Waals surface area contributed by atoms with Crippen molar-refractivity contribution in [2.45, 2.75) is 0 Å². The van der Waals surface area contributed by atoms with Crippen LogP contribution in [0.15, 0.2) is 13.2 Å². The van der Waals surface area contributed by atoms with E-state index in [-0.39, 0.29) is 34.2 Å². The fourth-order valence-electron chi connectivity index (χ4n) is 0. The minimum atomic E-state index is 0. The van der Waals surface area contributed by atoms with Crippen LogP contribution in [0, 0.1) is 0 Å². The predicted octanol–water partition coefficient (Wildman–Crippen LogP) is -2.17. The SMILES string of the molecule is C=C.N.N.O.O.O.O. The standard InChI is InChI=1S/C2H4.2H3N.4H2O/c1-2;;;;;;/h1-2H2;2*1H3;4*1H2. The van der Waals surface area contributed by atoms with Gasteiger partial charge in [0.1, 0.15) is 0 Å². The van der Waals surface area contributed by atoms with E-state index in [4.69, 9.17) is 0 Å². The Labute approximate surface area is 48.6 Å². The summed E-state index contributed by atoms with van der Waals surface area (Å²) in [6.45, 7) is 6.00. The first-order valence-electron chi connectivity index (χ1n) is 0.500. The van der Waals surface area contributed by atoms with E-state index in [2.05, 4.69) is 13.2 Å². The summed E-state index contributed by atoms with van der Waals surface area (Å²) < 4.78 is 0. The maximum Gasteiger partial charge on any atom is -0.106 e. The highest BCUT2D eigenvalue weighted by Crippen LogP contribution is 0.862.